The summed E-state index contributed by atoms with van der Waals surface area (Å²) in [6, 6.07) is 18.0. The molecule has 7 heteroatoms. The third-order valence-corrected chi connectivity index (χ3v) is 5.78. The molecule has 166 valence electrons. The second kappa shape index (κ2) is 10.2. The molecular weight excluding hydrogens is 407 g/mol. The molecule has 2 aromatic carbocycles. The fourth-order valence-corrected chi connectivity index (χ4v) is 3.93. The van der Waals surface area contributed by atoms with Crippen LogP contribution in [0, 0.1) is 11.7 Å². The lowest BCUT2D eigenvalue weighted by atomic mass is 9.97. The first-order valence-electron chi connectivity index (χ1n) is 10.9. The number of aromatic nitrogens is 2. The van der Waals surface area contributed by atoms with Crippen molar-refractivity contribution in [3.05, 3.63) is 72.0 Å². The Morgan fingerprint density at radius 3 is 2.56 bits per heavy atom. The van der Waals surface area contributed by atoms with Gasteiger partial charge in [-0.25, -0.2) is 4.39 Å². The van der Waals surface area contributed by atoms with Gasteiger partial charge in [0.25, 0.3) is 0 Å². The van der Waals surface area contributed by atoms with Gasteiger partial charge < -0.3 is 15.0 Å². The lowest BCUT2D eigenvalue weighted by Gasteiger charge is -2.32. The van der Waals surface area contributed by atoms with E-state index in [1.165, 1.54) is 12.1 Å². The smallest absolute Gasteiger partial charge is 0.224 e. The second-order valence-corrected chi connectivity index (χ2v) is 7.96. The zero-order valence-electron chi connectivity index (χ0n) is 18.1. The number of ether oxygens (including phenoxy) is 1. The minimum atomic E-state index is -0.250. The summed E-state index contributed by atoms with van der Waals surface area (Å²) in [7, 11) is 1.64. The highest BCUT2D eigenvalue weighted by atomic mass is 19.1. The first-order valence-corrected chi connectivity index (χ1v) is 10.9. The van der Waals surface area contributed by atoms with E-state index in [1.807, 2.05) is 36.4 Å². The van der Waals surface area contributed by atoms with Gasteiger partial charge in [0, 0.05) is 25.2 Å². The van der Waals surface area contributed by atoms with Crippen molar-refractivity contribution in [2.45, 2.75) is 19.3 Å². The third kappa shape index (κ3) is 5.41. The molecule has 0 saturated carbocycles. The number of piperidine rings is 1. The molecule has 0 radical (unpaired) electrons. The number of methoxy groups -OCH3 is 1. The van der Waals surface area contributed by atoms with Crippen molar-refractivity contribution in [2.75, 3.05) is 31.6 Å². The number of anilines is 1. The summed E-state index contributed by atoms with van der Waals surface area (Å²) in [6.07, 6.45) is 2.47. The number of rotatable bonds is 7. The van der Waals surface area contributed by atoms with Gasteiger partial charge in [-0.15, -0.1) is 10.2 Å². The normalized spacial score (nSPS) is 15.9. The molecule has 1 fully saturated rings. The molecule has 1 aliphatic rings. The van der Waals surface area contributed by atoms with Gasteiger partial charge in [0.2, 0.25) is 5.91 Å². The molecule has 1 unspecified atom stereocenters. The fraction of sp³-hybridized carbons (Fsp3) is 0.320. The third-order valence-electron chi connectivity index (χ3n) is 5.78. The Balaban J connectivity index is 1.31. The Labute approximate surface area is 187 Å². The number of benzene rings is 2. The highest BCUT2D eigenvalue weighted by Gasteiger charge is 2.26. The number of hydrogen-bond donors (Lipinski definition) is 1. The summed E-state index contributed by atoms with van der Waals surface area (Å²) in [6.45, 7) is 2.02. The molecule has 3 aromatic rings. The van der Waals surface area contributed by atoms with Crippen LogP contribution in [0.25, 0.3) is 11.3 Å². The summed E-state index contributed by atoms with van der Waals surface area (Å²) in [5, 5.41) is 11.8. The molecule has 0 spiro atoms. The maximum Gasteiger partial charge on any atom is 0.224 e. The molecule has 0 bridgehead atoms. The van der Waals surface area contributed by atoms with Crippen LogP contribution in [-0.2, 0) is 11.2 Å². The van der Waals surface area contributed by atoms with Crippen molar-refractivity contribution in [3.63, 3.8) is 0 Å². The molecule has 1 amide bonds. The summed E-state index contributed by atoms with van der Waals surface area (Å²) in [5.41, 5.74) is 2.77. The predicted molar refractivity (Wildman–Crippen MR) is 122 cm³/mol. The molecule has 2 heterocycles. The van der Waals surface area contributed by atoms with E-state index in [4.69, 9.17) is 4.74 Å². The lowest BCUT2D eigenvalue weighted by Crippen LogP contribution is -2.43. The van der Waals surface area contributed by atoms with Crippen LogP contribution in [0.1, 0.15) is 18.4 Å². The van der Waals surface area contributed by atoms with E-state index in [1.54, 1.807) is 19.2 Å². The topological polar surface area (TPSA) is 67.3 Å². The fourth-order valence-electron chi connectivity index (χ4n) is 3.93. The molecule has 1 aromatic heterocycles. The Kier molecular flexibility index (Phi) is 6.94. The van der Waals surface area contributed by atoms with E-state index in [2.05, 4.69) is 20.4 Å². The number of halogens is 1. The van der Waals surface area contributed by atoms with Crippen LogP contribution in [0.3, 0.4) is 0 Å². The van der Waals surface area contributed by atoms with Crippen LogP contribution in [0.2, 0.25) is 0 Å². The number of nitrogens with one attached hydrogen (secondary N) is 1. The average molecular weight is 435 g/mol. The van der Waals surface area contributed by atoms with E-state index in [0.717, 1.165) is 47.8 Å². The van der Waals surface area contributed by atoms with Gasteiger partial charge in [-0.1, -0.05) is 12.1 Å². The van der Waals surface area contributed by atoms with Crippen LogP contribution in [0.5, 0.6) is 5.75 Å². The molecular formula is C25H27FN4O2. The molecule has 1 N–H and O–H groups in total. The summed E-state index contributed by atoms with van der Waals surface area (Å²) in [4.78, 5) is 14.8. The Morgan fingerprint density at radius 1 is 1.09 bits per heavy atom. The highest BCUT2D eigenvalue weighted by Crippen LogP contribution is 2.24. The van der Waals surface area contributed by atoms with Crippen LogP contribution in [-0.4, -0.2) is 42.8 Å². The summed E-state index contributed by atoms with van der Waals surface area (Å²) >= 11 is 0. The van der Waals surface area contributed by atoms with Crippen LogP contribution >= 0.6 is 0 Å². The standard InChI is InChI=1S/C25H27FN4O2/c1-32-22-10-6-19(7-11-22)23-12-13-24(29-28-23)30-16-2-3-20(17-30)25(31)27-15-14-18-4-8-21(26)9-5-18/h4-13,20H,2-3,14-17H2,1H3,(H,27,31). The maximum absolute atomic E-state index is 13.0. The van der Waals surface area contributed by atoms with Crippen molar-refractivity contribution in [3.8, 4) is 17.0 Å². The van der Waals surface area contributed by atoms with Crippen LogP contribution < -0.4 is 15.0 Å². The predicted octanol–water partition coefficient (Wildman–Crippen LogP) is 3.87. The average Bonchev–Trinajstić information content (AvgIpc) is 2.85. The number of carbonyl (C=O) groups is 1. The molecule has 1 saturated heterocycles. The molecule has 1 atom stereocenters. The lowest BCUT2D eigenvalue weighted by molar-refractivity contribution is -0.125. The Morgan fingerprint density at radius 2 is 1.88 bits per heavy atom. The first-order chi connectivity index (χ1) is 15.6. The van der Waals surface area contributed by atoms with Gasteiger partial charge in [-0.05, 0) is 73.4 Å². The zero-order chi connectivity index (χ0) is 22.3. The van der Waals surface area contributed by atoms with Crippen LogP contribution in [0.15, 0.2) is 60.7 Å². The van der Waals surface area contributed by atoms with Gasteiger partial charge in [0.1, 0.15) is 11.6 Å². The van der Waals surface area contributed by atoms with Crippen molar-refractivity contribution < 1.29 is 13.9 Å². The van der Waals surface area contributed by atoms with Crippen molar-refractivity contribution >= 4 is 11.7 Å². The minimum absolute atomic E-state index is 0.0552. The molecule has 6 nitrogen and oxygen atoms in total. The highest BCUT2D eigenvalue weighted by molar-refractivity contribution is 5.79. The van der Waals surface area contributed by atoms with Gasteiger partial charge in [-0.2, -0.15) is 0 Å². The van der Waals surface area contributed by atoms with Gasteiger partial charge in [0.05, 0.1) is 18.7 Å². The van der Waals surface area contributed by atoms with Gasteiger partial charge >= 0.3 is 0 Å². The molecule has 1 aliphatic heterocycles. The molecule has 32 heavy (non-hydrogen) atoms. The van der Waals surface area contributed by atoms with Crippen molar-refractivity contribution in [1.29, 1.82) is 0 Å². The van der Waals surface area contributed by atoms with Crippen molar-refractivity contribution in [2.24, 2.45) is 5.92 Å². The minimum Gasteiger partial charge on any atom is -0.497 e. The second-order valence-electron chi connectivity index (χ2n) is 7.96. The molecule has 0 aliphatic carbocycles. The number of amides is 1. The number of carbonyl (C=O) groups excluding carboxylic acids is 1. The van der Waals surface area contributed by atoms with E-state index in [0.29, 0.717) is 19.5 Å². The summed E-state index contributed by atoms with van der Waals surface area (Å²) < 4.78 is 18.2. The first kappa shape index (κ1) is 21.7. The monoisotopic (exact) mass is 434 g/mol. The maximum atomic E-state index is 13.0. The quantitative estimate of drug-likeness (QED) is 0.612. The molecule has 4 rings (SSSR count). The SMILES string of the molecule is COc1ccc(-c2ccc(N3CCCC(C(=O)NCCc4ccc(F)cc4)C3)nn2)cc1. The summed E-state index contributed by atoms with van der Waals surface area (Å²) in [5.74, 6) is 1.31. The Bertz CT molecular complexity index is 1020. The Hall–Kier alpha value is -3.48. The van der Waals surface area contributed by atoms with Crippen LogP contribution in [0.4, 0.5) is 10.2 Å². The zero-order valence-corrected chi connectivity index (χ0v) is 18.1. The number of hydrogen-bond acceptors (Lipinski definition) is 5. The van der Waals surface area contributed by atoms with E-state index in [-0.39, 0.29) is 17.6 Å². The van der Waals surface area contributed by atoms with Crippen molar-refractivity contribution in [1.82, 2.24) is 15.5 Å². The van der Waals surface area contributed by atoms with Gasteiger partial charge in [-0.3, -0.25) is 4.79 Å². The van der Waals surface area contributed by atoms with E-state index in [9.17, 15) is 9.18 Å². The van der Waals surface area contributed by atoms with Gasteiger partial charge in [0.15, 0.2) is 5.82 Å². The number of nitrogens with zero attached hydrogens (tertiary/aromatic N) is 3. The largest absolute Gasteiger partial charge is 0.497 e. The van der Waals surface area contributed by atoms with E-state index >= 15 is 0 Å². The van der Waals surface area contributed by atoms with E-state index < -0.39 is 0 Å².